The second kappa shape index (κ2) is 13.9. The normalized spacial score (nSPS) is 16.6. The number of rotatable bonds is 10. The van der Waals surface area contributed by atoms with E-state index in [0.717, 1.165) is 54.8 Å². The van der Waals surface area contributed by atoms with Gasteiger partial charge in [0.15, 0.2) is 0 Å². The van der Waals surface area contributed by atoms with Crippen LogP contribution in [0.5, 0.6) is 0 Å². The Morgan fingerprint density at radius 1 is 1.14 bits per heavy atom. The van der Waals surface area contributed by atoms with Crippen molar-refractivity contribution < 1.29 is 4.74 Å². The van der Waals surface area contributed by atoms with E-state index in [1.165, 1.54) is 0 Å². The Labute approximate surface area is 173 Å². The predicted octanol–water partition coefficient (Wildman–Crippen LogP) is 6.01. The molecule has 1 rings (SSSR count). The maximum absolute atomic E-state index is 8.94. The monoisotopic (exact) mass is 382 g/mol. The summed E-state index contributed by atoms with van der Waals surface area (Å²) in [6.07, 6.45) is 10.4. The zero-order chi connectivity index (χ0) is 21.6. The fraction of sp³-hybridized carbons (Fsp3) is 0.480. The Kier molecular flexibility index (Phi) is 12.9. The molecule has 0 saturated carbocycles. The van der Waals surface area contributed by atoms with Crippen molar-refractivity contribution in [2.45, 2.75) is 40.0 Å². The van der Waals surface area contributed by atoms with Crippen LogP contribution < -0.4 is 0 Å². The number of nitriles is 1. The summed E-state index contributed by atoms with van der Waals surface area (Å²) >= 11 is 0. The molecule has 3 nitrogen and oxygen atoms in total. The first-order valence-electron chi connectivity index (χ1n) is 9.99. The van der Waals surface area contributed by atoms with E-state index in [0.29, 0.717) is 13.0 Å². The van der Waals surface area contributed by atoms with Gasteiger partial charge in [-0.3, -0.25) is 4.90 Å². The number of hydrogen-bond donors (Lipinski definition) is 0. The Hall–Kier alpha value is -2.15. The van der Waals surface area contributed by atoms with Gasteiger partial charge in [0.05, 0.1) is 12.7 Å². The maximum atomic E-state index is 8.94. The molecule has 1 heterocycles. The van der Waals surface area contributed by atoms with Gasteiger partial charge in [-0.15, -0.1) is 0 Å². The van der Waals surface area contributed by atoms with Crippen molar-refractivity contribution in [3.8, 4) is 6.07 Å². The smallest absolute Gasteiger partial charge is 0.0713 e. The minimum absolute atomic E-state index is 0.172. The number of hydrogen-bond acceptors (Lipinski definition) is 3. The largest absolute Gasteiger partial charge is 0.380 e. The Morgan fingerprint density at radius 2 is 1.75 bits per heavy atom. The van der Waals surface area contributed by atoms with Crippen LogP contribution in [0.2, 0.25) is 0 Å². The Morgan fingerprint density at radius 3 is 2.25 bits per heavy atom. The second-order valence-corrected chi connectivity index (χ2v) is 7.32. The average Bonchev–Trinajstić information content (AvgIpc) is 2.69. The van der Waals surface area contributed by atoms with Crippen molar-refractivity contribution >= 4 is 0 Å². The molecule has 28 heavy (non-hydrogen) atoms. The van der Waals surface area contributed by atoms with Crippen molar-refractivity contribution in [2.75, 3.05) is 33.4 Å². The fourth-order valence-electron chi connectivity index (χ4n) is 2.93. The molecule has 1 saturated heterocycles. The molecule has 1 fully saturated rings. The zero-order valence-corrected chi connectivity index (χ0v) is 18.4. The fourth-order valence-corrected chi connectivity index (χ4v) is 2.93. The van der Waals surface area contributed by atoms with E-state index in [1.54, 1.807) is 13.2 Å². The van der Waals surface area contributed by atoms with Crippen molar-refractivity contribution in [3.63, 3.8) is 0 Å². The summed E-state index contributed by atoms with van der Waals surface area (Å²) in [7, 11) is 1.66. The topological polar surface area (TPSA) is 36.3 Å². The molecule has 0 aromatic carbocycles. The van der Waals surface area contributed by atoms with E-state index in [1.807, 2.05) is 32.1 Å². The van der Waals surface area contributed by atoms with Crippen LogP contribution in [-0.4, -0.2) is 38.3 Å². The van der Waals surface area contributed by atoms with E-state index < -0.39 is 0 Å². The Bertz CT molecular complexity index is 638. The van der Waals surface area contributed by atoms with Crippen LogP contribution in [0.25, 0.3) is 0 Å². The van der Waals surface area contributed by atoms with Gasteiger partial charge in [0.2, 0.25) is 0 Å². The lowest BCUT2D eigenvalue weighted by atomic mass is 9.78. The van der Waals surface area contributed by atoms with Crippen molar-refractivity contribution in [3.05, 3.63) is 72.9 Å². The number of likely N-dealkylation sites (tertiary alicyclic amines) is 1. The molecular formula is C25H38N2O. The molecule has 154 valence electrons. The number of methoxy groups -OCH3 is 1. The lowest BCUT2D eigenvalue weighted by molar-refractivity contribution is 0.130. The van der Waals surface area contributed by atoms with Crippen molar-refractivity contribution in [1.82, 2.24) is 4.90 Å². The molecule has 1 aliphatic heterocycles. The lowest BCUT2D eigenvalue weighted by Crippen LogP contribution is -2.39. The van der Waals surface area contributed by atoms with Crippen LogP contribution in [0.4, 0.5) is 0 Å². The van der Waals surface area contributed by atoms with Gasteiger partial charge in [0, 0.05) is 20.1 Å². The third-order valence-corrected chi connectivity index (χ3v) is 4.86. The molecule has 0 bridgehead atoms. The highest BCUT2D eigenvalue weighted by molar-refractivity contribution is 5.46. The summed E-state index contributed by atoms with van der Waals surface area (Å²) in [4.78, 5) is 2.40. The van der Waals surface area contributed by atoms with Crippen molar-refractivity contribution in [2.24, 2.45) is 5.41 Å². The van der Waals surface area contributed by atoms with Crippen LogP contribution in [0.3, 0.4) is 0 Å². The molecule has 0 amide bonds. The first-order valence-corrected chi connectivity index (χ1v) is 9.99. The SMILES string of the molecule is C=C/C(=C\C(=C)C(=C)/C=C\C(=C)CN1CCC(C)(CC#N)CC1)COC.CC. The standard InChI is InChI=1S/C23H32N2O.C2H6/c1-7-22(18-26-6)16-21(4)20(3)9-8-19(2)17-25-14-11-23(5,10-13-24)12-15-25;1-2/h7-9,16H,1-4,10-12,14-15,17-18H2,5-6H3;1-2H3/b9-8-,22-16+;. The van der Waals surface area contributed by atoms with Crippen LogP contribution in [0.15, 0.2) is 72.9 Å². The number of ether oxygens (including phenoxy) is 1. The van der Waals surface area contributed by atoms with Gasteiger partial charge < -0.3 is 4.74 Å². The van der Waals surface area contributed by atoms with E-state index in [9.17, 15) is 0 Å². The molecule has 0 aromatic rings. The molecule has 0 unspecified atom stereocenters. The minimum Gasteiger partial charge on any atom is -0.380 e. The van der Waals surface area contributed by atoms with Gasteiger partial charge in [0.25, 0.3) is 0 Å². The van der Waals surface area contributed by atoms with Crippen LogP contribution in [0, 0.1) is 16.7 Å². The number of allylic oxidation sites excluding steroid dienone is 4. The molecule has 1 aliphatic rings. The zero-order valence-electron chi connectivity index (χ0n) is 18.4. The van der Waals surface area contributed by atoms with Crippen molar-refractivity contribution in [1.29, 1.82) is 5.26 Å². The van der Waals surface area contributed by atoms with E-state index in [4.69, 9.17) is 10.00 Å². The lowest BCUT2D eigenvalue weighted by Gasteiger charge is -2.38. The molecule has 0 N–H and O–H groups in total. The highest BCUT2D eigenvalue weighted by Gasteiger charge is 2.29. The van der Waals surface area contributed by atoms with Gasteiger partial charge in [-0.1, -0.05) is 65.3 Å². The first-order chi connectivity index (χ1) is 13.3. The molecular weight excluding hydrogens is 344 g/mol. The minimum atomic E-state index is 0.172. The second-order valence-electron chi connectivity index (χ2n) is 7.32. The summed E-state index contributed by atoms with van der Waals surface area (Å²) in [5.41, 5.74) is 3.88. The van der Waals surface area contributed by atoms with Crippen LogP contribution in [0.1, 0.15) is 40.0 Å². The van der Waals surface area contributed by atoms with E-state index in [2.05, 4.69) is 44.2 Å². The molecule has 0 aliphatic carbocycles. The molecule has 3 heteroatoms. The summed E-state index contributed by atoms with van der Waals surface area (Å²) in [6.45, 7) is 25.7. The summed E-state index contributed by atoms with van der Waals surface area (Å²) < 4.78 is 5.12. The maximum Gasteiger partial charge on any atom is 0.0713 e. The van der Waals surface area contributed by atoms with E-state index >= 15 is 0 Å². The highest BCUT2D eigenvalue weighted by atomic mass is 16.5. The summed E-state index contributed by atoms with van der Waals surface area (Å²) in [5, 5.41) is 8.94. The number of piperidine rings is 1. The average molecular weight is 383 g/mol. The van der Waals surface area contributed by atoms with Crippen LogP contribution >= 0.6 is 0 Å². The number of nitrogens with zero attached hydrogens (tertiary/aromatic N) is 2. The third-order valence-electron chi connectivity index (χ3n) is 4.86. The van der Waals surface area contributed by atoms with Crippen LogP contribution in [-0.2, 0) is 4.74 Å². The summed E-state index contributed by atoms with van der Waals surface area (Å²) in [6, 6.07) is 2.32. The quantitative estimate of drug-likeness (QED) is 0.434. The highest BCUT2D eigenvalue weighted by Crippen LogP contribution is 2.34. The molecule has 0 atom stereocenters. The van der Waals surface area contributed by atoms with Gasteiger partial charge in [-0.2, -0.15) is 5.26 Å². The van der Waals surface area contributed by atoms with Gasteiger partial charge >= 0.3 is 0 Å². The summed E-state index contributed by atoms with van der Waals surface area (Å²) in [5.74, 6) is 0. The van der Waals surface area contributed by atoms with Gasteiger partial charge in [0.1, 0.15) is 0 Å². The molecule has 0 radical (unpaired) electrons. The Balaban J connectivity index is 0.00000352. The van der Waals surface area contributed by atoms with E-state index in [-0.39, 0.29) is 5.41 Å². The predicted molar refractivity (Wildman–Crippen MR) is 122 cm³/mol. The molecule has 0 spiro atoms. The third kappa shape index (κ3) is 9.69. The van der Waals surface area contributed by atoms with Gasteiger partial charge in [-0.25, -0.2) is 0 Å². The first kappa shape index (κ1) is 25.9. The van der Waals surface area contributed by atoms with Gasteiger partial charge in [-0.05, 0) is 59.7 Å². The molecule has 0 aromatic heterocycles.